The highest BCUT2D eigenvalue weighted by atomic mass is 32.2. The normalized spacial score (nSPS) is 16.0. The molecule has 144 valence electrons. The summed E-state index contributed by atoms with van der Waals surface area (Å²) in [7, 11) is -1.92. The van der Waals surface area contributed by atoms with E-state index in [4.69, 9.17) is 4.74 Å². The molecule has 1 N–H and O–H groups in total. The largest absolute Gasteiger partial charge is 0.481 e. The van der Waals surface area contributed by atoms with Gasteiger partial charge in [0.25, 0.3) is 0 Å². The topological polar surface area (TPSA) is 88.6 Å². The summed E-state index contributed by atoms with van der Waals surface area (Å²) < 4.78 is 31.8. The Balaban J connectivity index is 1.51. The zero-order chi connectivity index (χ0) is 19.3. The average molecular weight is 389 g/mol. The zero-order valence-corrected chi connectivity index (χ0v) is 16.0. The van der Waals surface area contributed by atoms with Crippen molar-refractivity contribution in [3.63, 3.8) is 0 Å². The maximum absolute atomic E-state index is 12.6. The van der Waals surface area contributed by atoms with Gasteiger partial charge in [-0.15, -0.1) is 0 Å². The fraction of sp³-hybridized carbons (Fsp3) is 0.368. The van der Waals surface area contributed by atoms with Crippen LogP contribution in [0.5, 0.6) is 5.88 Å². The Kier molecular flexibility index (Phi) is 6.08. The molecule has 7 nitrogen and oxygen atoms in total. The first-order valence-electron chi connectivity index (χ1n) is 8.84. The fourth-order valence-electron chi connectivity index (χ4n) is 3.14. The number of carbonyl (C=O) groups excluding carboxylic acids is 1. The van der Waals surface area contributed by atoms with E-state index >= 15 is 0 Å². The molecule has 0 saturated carbocycles. The van der Waals surface area contributed by atoms with Crippen LogP contribution in [0.2, 0.25) is 0 Å². The number of piperidine rings is 1. The van der Waals surface area contributed by atoms with Gasteiger partial charge in [-0.25, -0.2) is 13.4 Å². The second-order valence-electron chi connectivity index (χ2n) is 6.50. The number of ether oxygens (including phenoxy) is 1. The number of hydrogen-bond donors (Lipinski definition) is 1. The van der Waals surface area contributed by atoms with Gasteiger partial charge in [0, 0.05) is 25.6 Å². The van der Waals surface area contributed by atoms with Crippen LogP contribution in [0.1, 0.15) is 19.3 Å². The van der Waals surface area contributed by atoms with Gasteiger partial charge in [0.2, 0.25) is 21.8 Å². The van der Waals surface area contributed by atoms with Crippen molar-refractivity contribution in [1.82, 2.24) is 9.29 Å². The van der Waals surface area contributed by atoms with Gasteiger partial charge in [0.05, 0.1) is 23.9 Å². The predicted molar refractivity (Wildman–Crippen MR) is 102 cm³/mol. The number of hydrogen-bond acceptors (Lipinski definition) is 5. The van der Waals surface area contributed by atoms with E-state index in [1.54, 1.807) is 48.7 Å². The minimum absolute atomic E-state index is 0.0914. The standard InChI is InChI=1S/C19H23N3O4S/c1-26-19-8-7-16(14-20-19)21-18(23)13-15-9-11-22(12-10-15)27(24,25)17-5-3-2-4-6-17/h2-8,14-15H,9-13H2,1H3,(H,21,23). The van der Waals surface area contributed by atoms with Crippen LogP contribution in [-0.2, 0) is 14.8 Å². The molecule has 3 rings (SSSR count). The number of pyridine rings is 1. The van der Waals surface area contributed by atoms with Crippen molar-refractivity contribution in [2.45, 2.75) is 24.2 Å². The summed E-state index contributed by atoms with van der Waals surface area (Å²) in [5, 5.41) is 2.82. The van der Waals surface area contributed by atoms with Crippen LogP contribution in [0, 0.1) is 5.92 Å². The summed E-state index contributed by atoms with van der Waals surface area (Å²) in [5.74, 6) is 0.560. The van der Waals surface area contributed by atoms with E-state index in [0.29, 0.717) is 48.8 Å². The van der Waals surface area contributed by atoms with E-state index in [2.05, 4.69) is 10.3 Å². The van der Waals surface area contributed by atoms with Gasteiger partial charge in [-0.1, -0.05) is 18.2 Å². The number of nitrogens with zero attached hydrogens (tertiary/aromatic N) is 2. The molecule has 1 saturated heterocycles. The summed E-state index contributed by atoms with van der Waals surface area (Å²) in [6, 6.07) is 11.9. The number of anilines is 1. The summed E-state index contributed by atoms with van der Waals surface area (Å²) >= 11 is 0. The number of methoxy groups -OCH3 is 1. The Bertz CT molecular complexity index is 862. The van der Waals surface area contributed by atoms with E-state index in [9.17, 15) is 13.2 Å². The lowest BCUT2D eigenvalue weighted by molar-refractivity contribution is -0.117. The van der Waals surface area contributed by atoms with Crippen molar-refractivity contribution >= 4 is 21.6 Å². The highest BCUT2D eigenvalue weighted by Gasteiger charge is 2.30. The number of rotatable bonds is 6. The third kappa shape index (κ3) is 4.84. The van der Waals surface area contributed by atoms with Crippen LogP contribution in [0.3, 0.4) is 0 Å². The van der Waals surface area contributed by atoms with E-state index in [-0.39, 0.29) is 11.8 Å². The van der Waals surface area contributed by atoms with Gasteiger partial charge >= 0.3 is 0 Å². The minimum Gasteiger partial charge on any atom is -0.481 e. The maximum Gasteiger partial charge on any atom is 0.243 e. The second kappa shape index (κ2) is 8.49. The lowest BCUT2D eigenvalue weighted by Gasteiger charge is -2.31. The molecular weight excluding hydrogens is 366 g/mol. The predicted octanol–water partition coefficient (Wildman–Crippen LogP) is 2.52. The van der Waals surface area contributed by atoms with E-state index in [0.717, 1.165) is 0 Å². The maximum atomic E-state index is 12.6. The molecule has 1 aliphatic rings. The molecule has 2 aromatic rings. The number of aromatic nitrogens is 1. The molecule has 0 spiro atoms. The molecule has 2 heterocycles. The molecule has 8 heteroatoms. The molecule has 1 amide bonds. The summed E-state index contributed by atoms with van der Waals surface area (Å²) in [5.41, 5.74) is 0.616. The number of amides is 1. The molecule has 0 atom stereocenters. The van der Waals surface area contributed by atoms with E-state index in [1.165, 1.54) is 11.4 Å². The summed E-state index contributed by atoms with van der Waals surface area (Å²) in [6.45, 7) is 0.860. The lowest BCUT2D eigenvalue weighted by atomic mass is 9.94. The van der Waals surface area contributed by atoms with E-state index in [1.807, 2.05) is 0 Å². The van der Waals surface area contributed by atoms with Crippen molar-refractivity contribution in [1.29, 1.82) is 0 Å². The van der Waals surface area contributed by atoms with Crippen LogP contribution >= 0.6 is 0 Å². The molecule has 0 unspecified atom stereocenters. The number of nitrogens with one attached hydrogen (secondary N) is 1. The minimum atomic E-state index is -3.46. The number of benzene rings is 1. The van der Waals surface area contributed by atoms with Gasteiger partial charge < -0.3 is 10.1 Å². The summed E-state index contributed by atoms with van der Waals surface area (Å²) in [6.07, 6.45) is 3.25. The van der Waals surface area contributed by atoms with Crippen LogP contribution in [0.25, 0.3) is 0 Å². The van der Waals surface area contributed by atoms with Gasteiger partial charge in [-0.05, 0) is 37.0 Å². The first-order chi connectivity index (χ1) is 13.0. The molecule has 1 fully saturated rings. The fourth-order valence-corrected chi connectivity index (χ4v) is 4.64. The van der Waals surface area contributed by atoms with Gasteiger partial charge in [-0.2, -0.15) is 4.31 Å². The molecular formula is C19H23N3O4S. The van der Waals surface area contributed by atoms with Crippen molar-refractivity contribution in [2.75, 3.05) is 25.5 Å². The third-order valence-corrected chi connectivity index (χ3v) is 6.57. The highest BCUT2D eigenvalue weighted by Crippen LogP contribution is 2.26. The Morgan fingerprint density at radius 1 is 1.19 bits per heavy atom. The highest BCUT2D eigenvalue weighted by molar-refractivity contribution is 7.89. The summed E-state index contributed by atoms with van der Waals surface area (Å²) in [4.78, 5) is 16.6. The van der Waals surface area contributed by atoms with Gasteiger partial charge in [0.1, 0.15) is 0 Å². The molecule has 1 aromatic carbocycles. The monoisotopic (exact) mass is 389 g/mol. The first-order valence-corrected chi connectivity index (χ1v) is 10.3. The number of carbonyl (C=O) groups is 1. The van der Waals surface area contributed by atoms with Crippen molar-refractivity contribution in [2.24, 2.45) is 5.92 Å². The average Bonchev–Trinajstić information content (AvgIpc) is 2.69. The molecule has 0 radical (unpaired) electrons. The molecule has 27 heavy (non-hydrogen) atoms. The van der Waals surface area contributed by atoms with Crippen molar-refractivity contribution < 1.29 is 17.9 Å². The molecule has 1 aromatic heterocycles. The Hall–Kier alpha value is -2.45. The van der Waals surface area contributed by atoms with Gasteiger partial charge in [-0.3, -0.25) is 4.79 Å². The quantitative estimate of drug-likeness (QED) is 0.820. The third-order valence-electron chi connectivity index (χ3n) is 4.66. The van der Waals surface area contributed by atoms with Crippen LogP contribution in [0.15, 0.2) is 53.6 Å². The molecule has 0 aliphatic carbocycles. The van der Waals surface area contributed by atoms with Crippen LogP contribution < -0.4 is 10.1 Å². The molecule has 1 aliphatic heterocycles. The Labute approximate surface area is 159 Å². The Morgan fingerprint density at radius 3 is 2.48 bits per heavy atom. The first kappa shape index (κ1) is 19.3. The van der Waals surface area contributed by atoms with Crippen molar-refractivity contribution in [3.8, 4) is 5.88 Å². The Morgan fingerprint density at radius 2 is 1.89 bits per heavy atom. The molecule has 0 bridgehead atoms. The SMILES string of the molecule is COc1ccc(NC(=O)CC2CCN(S(=O)(=O)c3ccccc3)CC2)cn1. The zero-order valence-electron chi connectivity index (χ0n) is 15.2. The van der Waals surface area contributed by atoms with Crippen LogP contribution in [0.4, 0.5) is 5.69 Å². The van der Waals surface area contributed by atoms with Crippen molar-refractivity contribution in [3.05, 3.63) is 48.7 Å². The smallest absolute Gasteiger partial charge is 0.243 e. The van der Waals surface area contributed by atoms with E-state index < -0.39 is 10.0 Å². The second-order valence-corrected chi connectivity index (χ2v) is 8.44. The van der Waals surface area contributed by atoms with Gasteiger partial charge in [0.15, 0.2) is 0 Å². The lowest BCUT2D eigenvalue weighted by Crippen LogP contribution is -2.39. The number of sulfonamides is 1. The van der Waals surface area contributed by atoms with Crippen LogP contribution in [-0.4, -0.2) is 43.8 Å².